The Morgan fingerprint density at radius 1 is 1.17 bits per heavy atom. The third kappa shape index (κ3) is 2.31. The molecule has 1 fully saturated rings. The predicted molar refractivity (Wildman–Crippen MR) is 75.1 cm³/mol. The van der Waals surface area contributed by atoms with E-state index in [-0.39, 0.29) is 0 Å². The second-order valence-electron chi connectivity index (χ2n) is 4.46. The van der Waals surface area contributed by atoms with Gasteiger partial charge in [-0.2, -0.15) is 0 Å². The molecule has 18 heavy (non-hydrogen) atoms. The minimum absolute atomic E-state index is 0.332. The molecule has 92 valence electrons. The summed E-state index contributed by atoms with van der Waals surface area (Å²) in [6.07, 6.45) is 6.15. The lowest BCUT2D eigenvalue weighted by molar-refractivity contribution is 0.605. The monoisotopic (exact) mass is 303 g/mol. The quantitative estimate of drug-likeness (QED) is 0.925. The number of rotatable bonds is 2. The maximum absolute atomic E-state index is 4.48. The zero-order valence-corrected chi connectivity index (χ0v) is 11.5. The maximum atomic E-state index is 4.48. The van der Waals surface area contributed by atoms with Gasteiger partial charge in [0, 0.05) is 22.4 Å². The first-order chi connectivity index (χ1) is 8.84. The molecule has 4 heteroatoms. The molecule has 1 saturated heterocycles. The zero-order valence-electron chi connectivity index (χ0n) is 9.94. The molecule has 1 aliphatic rings. The lowest BCUT2D eigenvalue weighted by Crippen LogP contribution is -2.15. The van der Waals surface area contributed by atoms with Crippen molar-refractivity contribution in [2.45, 2.75) is 18.9 Å². The number of nitrogens with one attached hydrogen (secondary N) is 1. The van der Waals surface area contributed by atoms with Gasteiger partial charge in [-0.15, -0.1) is 0 Å². The molecule has 1 aromatic carbocycles. The number of aromatic nitrogens is 2. The van der Waals surface area contributed by atoms with E-state index >= 15 is 0 Å². The van der Waals surface area contributed by atoms with Gasteiger partial charge in [-0.05, 0) is 31.0 Å². The summed E-state index contributed by atoms with van der Waals surface area (Å²) in [7, 11) is 0. The van der Waals surface area contributed by atoms with E-state index in [0.717, 1.165) is 34.4 Å². The van der Waals surface area contributed by atoms with Crippen molar-refractivity contribution in [3.05, 3.63) is 47.0 Å². The summed E-state index contributed by atoms with van der Waals surface area (Å²) < 4.78 is 1.07. The van der Waals surface area contributed by atoms with Crippen LogP contribution in [-0.2, 0) is 0 Å². The summed E-state index contributed by atoms with van der Waals surface area (Å²) in [5.41, 5.74) is 2.17. The highest BCUT2D eigenvalue weighted by Gasteiger charge is 2.18. The lowest BCUT2D eigenvalue weighted by atomic mass is 10.1. The summed E-state index contributed by atoms with van der Waals surface area (Å²) in [6, 6.07) is 8.45. The van der Waals surface area contributed by atoms with Crippen LogP contribution in [0.3, 0.4) is 0 Å². The fourth-order valence-corrected chi connectivity index (χ4v) is 2.77. The van der Waals surface area contributed by atoms with Gasteiger partial charge in [-0.1, -0.05) is 34.1 Å². The van der Waals surface area contributed by atoms with Gasteiger partial charge in [0.15, 0.2) is 0 Å². The summed E-state index contributed by atoms with van der Waals surface area (Å²) in [4.78, 5) is 8.97. The summed E-state index contributed by atoms with van der Waals surface area (Å²) in [5, 5.41) is 3.41. The highest BCUT2D eigenvalue weighted by Crippen LogP contribution is 2.27. The average molecular weight is 304 g/mol. The standard InChI is InChI=1S/C14H14BrN3/c15-12-5-2-1-4-11(12)10-8-17-14(18-9-10)13-6-3-7-16-13/h1-2,4-5,8-9,13,16H,3,6-7H2. The lowest BCUT2D eigenvalue weighted by Gasteiger charge is -2.09. The van der Waals surface area contributed by atoms with Gasteiger partial charge >= 0.3 is 0 Å². The molecular weight excluding hydrogens is 290 g/mol. The number of benzene rings is 1. The van der Waals surface area contributed by atoms with Crippen LogP contribution in [0.2, 0.25) is 0 Å². The van der Waals surface area contributed by atoms with E-state index in [1.165, 1.54) is 6.42 Å². The van der Waals surface area contributed by atoms with Gasteiger partial charge in [-0.3, -0.25) is 0 Å². The van der Waals surface area contributed by atoms with Crippen molar-refractivity contribution >= 4 is 15.9 Å². The number of halogens is 1. The van der Waals surface area contributed by atoms with E-state index in [4.69, 9.17) is 0 Å². The molecule has 3 rings (SSSR count). The van der Waals surface area contributed by atoms with Crippen molar-refractivity contribution < 1.29 is 0 Å². The van der Waals surface area contributed by atoms with Gasteiger partial charge in [-0.25, -0.2) is 9.97 Å². The van der Waals surface area contributed by atoms with E-state index in [9.17, 15) is 0 Å². The molecule has 3 nitrogen and oxygen atoms in total. The van der Waals surface area contributed by atoms with Crippen molar-refractivity contribution in [2.24, 2.45) is 0 Å². The van der Waals surface area contributed by atoms with Gasteiger partial charge in [0.1, 0.15) is 5.82 Å². The molecule has 1 aliphatic heterocycles. The van der Waals surface area contributed by atoms with Crippen molar-refractivity contribution in [1.29, 1.82) is 0 Å². The van der Waals surface area contributed by atoms with Crippen LogP contribution < -0.4 is 5.32 Å². The van der Waals surface area contributed by atoms with E-state index in [1.54, 1.807) is 0 Å². The zero-order chi connectivity index (χ0) is 12.4. The molecule has 1 atom stereocenters. The summed E-state index contributed by atoms with van der Waals surface area (Å²) in [6.45, 7) is 1.07. The molecule has 0 aliphatic carbocycles. The Bertz CT molecular complexity index is 533. The van der Waals surface area contributed by atoms with E-state index in [2.05, 4.69) is 37.3 Å². The Hall–Kier alpha value is -1.26. The molecule has 1 unspecified atom stereocenters. The number of hydrogen-bond acceptors (Lipinski definition) is 3. The van der Waals surface area contributed by atoms with Crippen LogP contribution in [0.5, 0.6) is 0 Å². The fourth-order valence-electron chi connectivity index (χ4n) is 2.26. The first kappa shape index (κ1) is 11.8. The van der Waals surface area contributed by atoms with Gasteiger partial charge in [0.05, 0.1) is 6.04 Å². The maximum Gasteiger partial charge on any atom is 0.145 e. The van der Waals surface area contributed by atoms with Crippen LogP contribution in [0, 0.1) is 0 Å². The molecule has 2 heterocycles. The highest BCUT2D eigenvalue weighted by molar-refractivity contribution is 9.10. The van der Waals surface area contributed by atoms with Crippen LogP contribution in [0.4, 0.5) is 0 Å². The van der Waals surface area contributed by atoms with Gasteiger partial charge in [0.2, 0.25) is 0 Å². The Balaban J connectivity index is 1.89. The fraction of sp³-hybridized carbons (Fsp3) is 0.286. The third-order valence-electron chi connectivity index (χ3n) is 3.23. The normalized spacial score (nSPS) is 19.1. The first-order valence-electron chi connectivity index (χ1n) is 6.15. The molecule has 1 aromatic heterocycles. The molecule has 0 saturated carbocycles. The Kier molecular flexibility index (Phi) is 3.39. The van der Waals surface area contributed by atoms with Crippen molar-refractivity contribution in [1.82, 2.24) is 15.3 Å². The van der Waals surface area contributed by atoms with Crippen LogP contribution in [0.1, 0.15) is 24.7 Å². The SMILES string of the molecule is Brc1ccccc1-c1cnc(C2CCCN2)nc1. The molecule has 0 radical (unpaired) electrons. The minimum Gasteiger partial charge on any atom is -0.307 e. The smallest absolute Gasteiger partial charge is 0.145 e. The van der Waals surface area contributed by atoms with Crippen molar-refractivity contribution in [2.75, 3.05) is 6.54 Å². The summed E-state index contributed by atoms with van der Waals surface area (Å²) in [5.74, 6) is 0.906. The Morgan fingerprint density at radius 2 is 1.94 bits per heavy atom. The molecule has 0 amide bonds. The largest absolute Gasteiger partial charge is 0.307 e. The first-order valence-corrected chi connectivity index (χ1v) is 6.94. The molecule has 2 aromatic rings. The molecule has 1 N–H and O–H groups in total. The molecule has 0 bridgehead atoms. The number of nitrogens with zero attached hydrogens (tertiary/aromatic N) is 2. The van der Waals surface area contributed by atoms with Crippen LogP contribution in [-0.4, -0.2) is 16.5 Å². The highest BCUT2D eigenvalue weighted by atomic mass is 79.9. The van der Waals surface area contributed by atoms with Gasteiger partial charge < -0.3 is 5.32 Å². The Morgan fingerprint density at radius 3 is 2.61 bits per heavy atom. The van der Waals surface area contributed by atoms with Crippen LogP contribution in [0.25, 0.3) is 11.1 Å². The Labute approximate surface area is 115 Å². The number of hydrogen-bond donors (Lipinski definition) is 1. The second-order valence-corrected chi connectivity index (χ2v) is 5.31. The predicted octanol–water partition coefficient (Wildman–Crippen LogP) is 3.33. The average Bonchev–Trinajstić information content (AvgIpc) is 2.94. The van der Waals surface area contributed by atoms with E-state index in [0.29, 0.717) is 6.04 Å². The summed E-state index contributed by atoms with van der Waals surface area (Å²) >= 11 is 3.55. The second kappa shape index (κ2) is 5.16. The topological polar surface area (TPSA) is 37.8 Å². The molecule has 0 spiro atoms. The molecular formula is C14H14BrN3. The van der Waals surface area contributed by atoms with Crippen LogP contribution in [0.15, 0.2) is 41.1 Å². The van der Waals surface area contributed by atoms with E-state index in [1.807, 2.05) is 30.6 Å². The van der Waals surface area contributed by atoms with Crippen molar-refractivity contribution in [3.8, 4) is 11.1 Å². The third-order valence-corrected chi connectivity index (χ3v) is 3.92. The van der Waals surface area contributed by atoms with E-state index < -0.39 is 0 Å². The van der Waals surface area contributed by atoms with Crippen LogP contribution >= 0.6 is 15.9 Å². The van der Waals surface area contributed by atoms with Gasteiger partial charge in [0.25, 0.3) is 0 Å². The van der Waals surface area contributed by atoms with Crippen molar-refractivity contribution in [3.63, 3.8) is 0 Å². The minimum atomic E-state index is 0.332.